The van der Waals surface area contributed by atoms with Crippen LogP contribution in [0.15, 0.2) is 46.9 Å². The monoisotopic (exact) mass is 471 g/mol. The minimum Gasteiger partial charge on any atom is -0.440 e. The summed E-state index contributed by atoms with van der Waals surface area (Å²) in [4.78, 5) is 30.2. The number of anilines is 2. The molecule has 4 rings (SSSR count). The van der Waals surface area contributed by atoms with Crippen molar-refractivity contribution in [1.29, 1.82) is 0 Å². The molecule has 0 saturated carbocycles. The molecule has 2 aromatic carbocycles. The number of halogens is 2. The van der Waals surface area contributed by atoms with E-state index in [4.69, 9.17) is 16.0 Å². The van der Waals surface area contributed by atoms with Crippen molar-refractivity contribution in [2.75, 3.05) is 10.6 Å². The second-order valence-corrected chi connectivity index (χ2v) is 9.00. The van der Waals surface area contributed by atoms with Crippen molar-refractivity contribution < 1.29 is 18.4 Å². The summed E-state index contributed by atoms with van der Waals surface area (Å²) in [6.07, 6.45) is 0. The predicted octanol–water partition coefficient (Wildman–Crippen LogP) is 6.62. The highest BCUT2D eigenvalue weighted by molar-refractivity contribution is 7.18. The molecular weight excluding hydrogens is 453 g/mol. The summed E-state index contributed by atoms with van der Waals surface area (Å²) in [6.45, 7) is 5.77. The van der Waals surface area contributed by atoms with Crippen molar-refractivity contribution in [3.63, 3.8) is 0 Å². The minimum atomic E-state index is -0.526. The fourth-order valence-electron chi connectivity index (χ4n) is 3.08. The Morgan fingerprint density at radius 2 is 1.88 bits per heavy atom. The summed E-state index contributed by atoms with van der Waals surface area (Å²) in [5, 5.41) is 6.05. The van der Waals surface area contributed by atoms with Crippen LogP contribution >= 0.6 is 22.9 Å². The van der Waals surface area contributed by atoms with E-state index in [1.807, 2.05) is 13.8 Å². The Bertz CT molecular complexity index is 1350. The fourth-order valence-corrected chi connectivity index (χ4v) is 4.30. The first-order valence-electron chi connectivity index (χ1n) is 9.80. The molecule has 2 N–H and O–H groups in total. The minimum absolute atomic E-state index is 0.0117. The summed E-state index contributed by atoms with van der Waals surface area (Å²) in [5.41, 5.74) is 2.76. The van der Waals surface area contributed by atoms with Gasteiger partial charge in [0.1, 0.15) is 11.3 Å². The number of fused-ring (bicyclic) bond motifs is 1. The topological polar surface area (TPSA) is 84.2 Å². The molecule has 0 aliphatic rings. The van der Waals surface area contributed by atoms with Crippen LogP contribution in [0.3, 0.4) is 0 Å². The SMILES string of the molecule is Cc1cc(NC(=O)c2ccc(F)cc2Cl)sc1C(=O)Nc1ccc2oc(C(C)C)nc2c1. The summed E-state index contributed by atoms with van der Waals surface area (Å²) in [7, 11) is 0. The van der Waals surface area contributed by atoms with Gasteiger partial charge in [-0.05, 0) is 55.0 Å². The first kappa shape index (κ1) is 22.0. The van der Waals surface area contributed by atoms with Crippen molar-refractivity contribution in [2.24, 2.45) is 0 Å². The summed E-state index contributed by atoms with van der Waals surface area (Å²) in [6, 6.07) is 10.5. The largest absolute Gasteiger partial charge is 0.440 e. The molecule has 2 heterocycles. The molecule has 0 radical (unpaired) electrons. The Morgan fingerprint density at radius 1 is 1.09 bits per heavy atom. The van der Waals surface area contributed by atoms with E-state index < -0.39 is 11.7 Å². The molecule has 2 amide bonds. The lowest BCUT2D eigenvalue weighted by molar-refractivity contribution is 0.102. The number of aromatic nitrogens is 1. The van der Waals surface area contributed by atoms with Gasteiger partial charge in [0, 0.05) is 11.6 Å². The molecule has 0 fully saturated rings. The first-order valence-corrected chi connectivity index (χ1v) is 11.0. The van der Waals surface area contributed by atoms with E-state index in [0.717, 1.165) is 23.5 Å². The number of hydrogen-bond donors (Lipinski definition) is 2. The van der Waals surface area contributed by atoms with Gasteiger partial charge in [0.25, 0.3) is 11.8 Å². The fraction of sp³-hybridized carbons (Fsp3) is 0.174. The lowest BCUT2D eigenvalue weighted by Gasteiger charge is -2.05. The summed E-state index contributed by atoms with van der Waals surface area (Å²) < 4.78 is 18.9. The molecule has 0 spiro atoms. The Hall–Kier alpha value is -3.23. The molecule has 164 valence electrons. The smallest absolute Gasteiger partial charge is 0.266 e. The van der Waals surface area contributed by atoms with Crippen LogP contribution in [-0.2, 0) is 0 Å². The zero-order chi connectivity index (χ0) is 23.0. The number of nitrogens with one attached hydrogen (secondary N) is 2. The number of amides is 2. The zero-order valence-corrected chi connectivity index (χ0v) is 19.0. The Morgan fingerprint density at radius 3 is 2.59 bits per heavy atom. The molecule has 2 aromatic heterocycles. The third-order valence-electron chi connectivity index (χ3n) is 4.69. The molecule has 4 aromatic rings. The third kappa shape index (κ3) is 4.51. The van der Waals surface area contributed by atoms with Gasteiger partial charge in [0.2, 0.25) is 0 Å². The van der Waals surface area contributed by atoms with E-state index >= 15 is 0 Å². The van der Waals surface area contributed by atoms with Gasteiger partial charge in [0.15, 0.2) is 11.5 Å². The number of nitrogens with zero attached hydrogens (tertiary/aromatic N) is 1. The molecule has 32 heavy (non-hydrogen) atoms. The van der Waals surface area contributed by atoms with Gasteiger partial charge in [-0.1, -0.05) is 25.4 Å². The van der Waals surface area contributed by atoms with Crippen LogP contribution in [0.5, 0.6) is 0 Å². The van der Waals surface area contributed by atoms with Crippen LogP contribution in [-0.4, -0.2) is 16.8 Å². The van der Waals surface area contributed by atoms with Gasteiger partial charge in [-0.3, -0.25) is 9.59 Å². The van der Waals surface area contributed by atoms with Gasteiger partial charge in [-0.2, -0.15) is 0 Å². The molecule has 0 bridgehead atoms. The molecule has 0 aliphatic heterocycles. The maximum Gasteiger partial charge on any atom is 0.266 e. The highest BCUT2D eigenvalue weighted by atomic mass is 35.5. The van der Waals surface area contributed by atoms with Gasteiger partial charge in [-0.15, -0.1) is 11.3 Å². The van der Waals surface area contributed by atoms with E-state index in [1.165, 1.54) is 6.07 Å². The summed E-state index contributed by atoms with van der Waals surface area (Å²) in [5.74, 6) is -0.519. The normalized spacial score (nSPS) is 11.2. The third-order valence-corrected chi connectivity index (χ3v) is 6.16. The average molecular weight is 472 g/mol. The van der Waals surface area contributed by atoms with Crippen LogP contribution in [0, 0.1) is 12.7 Å². The van der Waals surface area contributed by atoms with E-state index in [2.05, 4.69) is 15.6 Å². The van der Waals surface area contributed by atoms with Crippen LogP contribution in [0.2, 0.25) is 5.02 Å². The number of rotatable bonds is 5. The second kappa shape index (κ2) is 8.72. The van der Waals surface area contributed by atoms with Crippen LogP contribution in [0.4, 0.5) is 15.1 Å². The van der Waals surface area contributed by atoms with Gasteiger partial charge >= 0.3 is 0 Å². The zero-order valence-electron chi connectivity index (χ0n) is 17.5. The van der Waals surface area contributed by atoms with Gasteiger partial charge in [0.05, 0.1) is 20.5 Å². The van der Waals surface area contributed by atoms with Crippen LogP contribution in [0.1, 0.15) is 51.2 Å². The maximum atomic E-state index is 13.2. The molecule has 0 saturated heterocycles. The van der Waals surface area contributed by atoms with Crippen LogP contribution in [0.25, 0.3) is 11.1 Å². The molecule has 6 nitrogen and oxygen atoms in total. The number of thiophene rings is 1. The van der Waals surface area contributed by atoms with E-state index in [-0.39, 0.29) is 22.4 Å². The number of carbonyl (C=O) groups is 2. The molecule has 0 unspecified atom stereocenters. The average Bonchev–Trinajstić information content (AvgIpc) is 3.30. The van der Waals surface area contributed by atoms with E-state index in [1.54, 1.807) is 31.2 Å². The number of carbonyl (C=O) groups excluding carboxylic acids is 2. The quantitative estimate of drug-likeness (QED) is 0.342. The van der Waals surface area contributed by atoms with E-state index in [9.17, 15) is 14.0 Å². The van der Waals surface area contributed by atoms with Crippen molar-refractivity contribution in [3.8, 4) is 0 Å². The van der Waals surface area contributed by atoms with Gasteiger partial charge < -0.3 is 15.1 Å². The molecule has 9 heteroatoms. The van der Waals surface area contributed by atoms with Crippen molar-refractivity contribution in [2.45, 2.75) is 26.7 Å². The number of oxazole rings is 1. The standard InChI is InChI=1S/C23H19ClFN3O3S/c1-11(2)23-27-17-10-14(5-7-18(17)31-23)26-22(30)20-12(3)8-19(32-20)28-21(29)15-6-4-13(25)9-16(15)24/h4-11H,1-3H3,(H,26,30)(H,28,29). The molecule has 0 atom stereocenters. The van der Waals surface area contributed by atoms with Crippen molar-refractivity contribution >= 4 is 56.5 Å². The highest BCUT2D eigenvalue weighted by Crippen LogP contribution is 2.30. The van der Waals surface area contributed by atoms with Gasteiger partial charge in [-0.25, -0.2) is 9.37 Å². The Kier molecular flexibility index (Phi) is 5.99. The lowest BCUT2D eigenvalue weighted by Crippen LogP contribution is -2.12. The maximum absolute atomic E-state index is 13.2. The summed E-state index contributed by atoms with van der Waals surface area (Å²) >= 11 is 7.09. The number of benzene rings is 2. The molecular formula is C23H19ClFN3O3S. The van der Waals surface area contributed by atoms with E-state index in [0.29, 0.717) is 38.1 Å². The van der Waals surface area contributed by atoms with Crippen molar-refractivity contribution in [1.82, 2.24) is 4.98 Å². The number of hydrogen-bond acceptors (Lipinski definition) is 5. The molecule has 0 aliphatic carbocycles. The second-order valence-electron chi connectivity index (χ2n) is 7.54. The Labute approximate surface area is 192 Å². The number of aryl methyl sites for hydroxylation is 1. The lowest BCUT2D eigenvalue weighted by atomic mass is 10.2. The Balaban J connectivity index is 1.50. The van der Waals surface area contributed by atoms with Crippen molar-refractivity contribution in [3.05, 3.63) is 75.2 Å². The predicted molar refractivity (Wildman–Crippen MR) is 124 cm³/mol. The highest BCUT2D eigenvalue weighted by Gasteiger charge is 2.18. The first-order chi connectivity index (χ1) is 15.2. The van der Waals surface area contributed by atoms with Crippen LogP contribution < -0.4 is 10.6 Å².